The molecule has 62 valence electrons. The second-order valence-electron chi connectivity index (χ2n) is 2.79. The van der Waals surface area contributed by atoms with Gasteiger partial charge in [0.05, 0.1) is 11.6 Å². The summed E-state index contributed by atoms with van der Waals surface area (Å²) in [6.07, 6.45) is 3.93. The Bertz CT molecular complexity index is 406. The van der Waals surface area contributed by atoms with Gasteiger partial charge in [0, 0.05) is 12.4 Å². The summed E-state index contributed by atoms with van der Waals surface area (Å²) in [4.78, 5) is 4.36. The smallest absolute Gasteiger partial charge is 0.139 e. The van der Waals surface area contributed by atoms with Crippen molar-refractivity contribution in [1.82, 2.24) is 9.38 Å². The van der Waals surface area contributed by atoms with Crippen LogP contribution in [-0.2, 0) is 5.88 Å². The summed E-state index contributed by atoms with van der Waals surface area (Å²) in [5.41, 5.74) is 3.09. The molecule has 2 nitrogen and oxygen atoms in total. The van der Waals surface area contributed by atoms with Gasteiger partial charge in [-0.15, -0.1) is 11.6 Å². The fourth-order valence-corrected chi connectivity index (χ4v) is 1.40. The molecule has 2 heterocycles. The Morgan fingerprint density at radius 3 is 3.08 bits per heavy atom. The number of aryl methyl sites for hydroxylation is 1. The Labute approximate surface area is 75.8 Å². The van der Waals surface area contributed by atoms with Crippen LogP contribution in [-0.4, -0.2) is 9.38 Å². The lowest BCUT2D eigenvalue weighted by Crippen LogP contribution is -1.83. The topological polar surface area (TPSA) is 17.3 Å². The fraction of sp³-hybridized carbons (Fsp3) is 0.222. The normalized spacial score (nSPS) is 10.8. The third kappa shape index (κ3) is 1.08. The Hall–Kier alpha value is -1.02. The van der Waals surface area contributed by atoms with Crippen LogP contribution in [0.25, 0.3) is 5.65 Å². The molecule has 0 radical (unpaired) electrons. The van der Waals surface area contributed by atoms with Gasteiger partial charge in [-0.05, 0) is 18.6 Å². The van der Waals surface area contributed by atoms with Crippen molar-refractivity contribution in [2.75, 3.05) is 0 Å². The maximum absolute atomic E-state index is 5.67. The lowest BCUT2D eigenvalue weighted by atomic mass is 10.3. The van der Waals surface area contributed by atoms with E-state index in [4.69, 9.17) is 11.6 Å². The van der Waals surface area contributed by atoms with E-state index in [2.05, 4.69) is 4.98 Å². The first-order chi connectivity index (χ1) is 5.81. The van der Waals surface area contributed by atoms with Gasteiger partial charge in [-0.3, -0.25) is 0 Å². The Balaban J connectivity index is 2.74. The van der Waals surface area contributed by atoms with Crippen LogP contribution in [0.1, 0.15) is 11.3 Å². The summed E-state index contributed by atoms with van der Waals surface area (Å²) in [6.45, 7) is 2.04. The molecule has 0 aliphatic heterocycles. The second kappa shape index (κ2) is 2.79. The number of pyridine rings is 1. The minimum absolute atomic E-state index is 0.473. The number of nitrogens with zero attached hydrogens (tertiary/aromatic N) is 2. The standard InChI is InChI=1S/C9H9ClN2/c1-7-3-2-4-12-6-8(5-10)11-9(7)12/h2-4,6H,5H2,1H3. The van der Waals surface area contributed by atoms with Crippen molar-refractivity contribution >= 4 is 17.2 Å². The van der Waals surface area contributed by atoms with Crippen molar-refractivity contribution in [1.29, 1.82) is 0 Å². The van der Waals surface area contributed by atoms with E-state index in [1.165, 1.54) is 5.56 Å². The number of halogens is 1. The molecule has 3 heteroatoms. The average molecular weight is 181 g/mol. The molecule has 0 aliphatic rings. The van der Waals surface area contributed by atoms with Crippen molar-refractivity contribution in [2.24, 2.45) is 0 Å². The minimum Gasteiger partial charge on any atom is -0.307 e. The number of alkyl halides is 1. The first-order valence-corrected chi connectivity index (χ1v) is 4.34. The Kier molecular flexibility index (Phi) is 1.77. The van der Waals surface area contributed by atoms with E-state index in [-0.39, 0.29) is 0 Å². The molecule has 0 saturated heterocycles. The van der Waals surface area contributed by atoms with E-state index in [1.54, 1.807) is 0 Å². The molecule has 0 spiro atoms. The third-order valence-electron chi connectivity index (χ3n) is 1.86. The van der Waals surface area contributed by atoms with Gasteiger partial charge < -0.3 is 4.40 Å². The Morgan fingerprint density at radius 2 is 2.42 bits per heavy atom. The van der Waals surface area contributed by atoms with Crippen LogP contribution in [0.4, 0.5) is 0 Å². The van der Waals surface area contributed by atoms with Crippen molar-refractivity contribution in [3.05, 3.63) is 35.8 Å². The molecule has 0 atom stereocenters. The highest BCUT2D eigenvalue weighted by Gasteiger charge is 2.00. The van der Waals surface area contributed by atoms with Crippen LogP contribution < -0.4 is 0 Å². The van der Waals surface area contributed by atoms with Crippen molar-refractivity contribution < 1.29 is 0 Å². The van der Waals surface area contributed by atoms with Crippen LogP contribution >= 0.6 is 11.6 Å². The zero-order chi connectivity index (χ0) is 8.55. The van der Waals surface area contributed by atoms with E-state index in [1.807, 2.05) is 35.9 Å². The first-order valence-electron chi connectivity index (χ1n) is 3.80. The van der Waals surface area contributed by atoms with Gasteiger partial charge in [-0.25, -0.2) is 4.98 Å². The SMILES string of the molecule is Cc1cccn2cc(CCl)nc12. The number of rotatable bonds is 1. The molecule has 0 saturated carbocycles. The average Bonchev–Trinajstić information content (AvgIpc) is 2.49. The number of aromatic nitrogens is 2. The quantitative estimate of drug-likeness (QED) is 0.616. The summed E-state index contributed by atoms with van der Waals surface area (Å²) >= 11 is 5.67. The molecular formula is C9H9ClN2. The number of imidazole rings is 1. The van der Waals surface area contributed by atoms with Gasteiger partial charge in [0.25, 0.3) is 0 Å². The molecule has 0 fully saturated rings. The highest BCUT2D eigenvalue weighted by molar-refractivity contribution is 6.16. The van der Waals surface area contributed by atoms with Gasteiger partial charge in [0.2, 0.25) is 0 Å². The molecule has 0 aromatic carbocycles. The van der Waals surface area contributed by atoms with Gasteiger partial charge in [-0.1, -0.05) is 6.07 Å². The van der Waals surface area contributed by atoms with Crippen molar-refractivity contribution in [3.63, 3.8) is 0 Å². The lowest BCUT2D eigenvalue weighted by molar-refractivity contribution is 1.16. The summed E-state index contributed by atoms with van der Waals surface area (Å²) in [6, 6.07) is 4.04. The third-order valence-corrected chi connectivity index (χ3v) is 2.14. The number of fused-ring (bicyclic) bond motifs is 1. The van der Waals surface area contributed by atoms with Crippen molar-refractivity contribution in [2.45, 2.75) is 12.8 Å². The summed E-state index contributed by atoms with van der Waals surface area (Å²) in [5, 5.41) is 0. The van der Waals surface area contributed by atoms with Gasteiger partial charge in [0.1, 0.15) is 5.65 Å². The molecule has 0 aliphatic carbocycles. The zero-order valence-electron chi connectivity index (χ0n) is 6.79. The van der Waals surface area contributed by atoms with Crippen LogP contribution in [0.2, 0.25) is 0 Å². The van der Waals surface area contributed by atoms with E-state index in [0.29, 0.717) is 5.88 Å². The Morgan fingerprint density at radius 1 is 1.58 bits per heavy atom. The molecule has 0 N–H and O–H groups in total. The predicted molar refractivity (Wildman–Crippen MR) is 49.5 cm³/mol. The highest BCUT2D eigenvalue weighted by Crippen LogP contribution is 2.10. The largest absolute Gasteiger partial charge is 0.307 e. The first kappa shape index (κ1) is 7.62. The zero-order valence-corrected chi connectivity index (χ0v) is 7.54. The maximum Gasteiger partial charge on any atom is 0.139 e. The van der Waals surface area contributed by atoms with E-state index >= 15 is 0 Å². The lowest BCUT2D eigenvalue weighted by Gasteiger charge is -1.93. The van der Waals surface area contributed by atoms with E-state index < -0.39 is 0 Å². The highest BCUT2D eigenvalue weighted by atomic mass is 35.5. The number of hydrogen-bond donors (Lipinski definition) is 0. The van der Waals surface area contributed by atoms with Crippen molar-refractivity contribution in [3.8, 4) is 0 Å². The summed E-state index contributed by atoms with van der Waals surface area (Å²) in [7, 11) is 0. The second-order valence-corrected chi connectivity index (χ2v) is 3.06. The molecule has 0 unspecified atom stereocenters. The summed E-state index contributed by atoms with van der Waals surface area (Å²) in [5.74, 6) is 0.473. The van der Waals surface area contributed by atoms with Crippen LogP contribution in [0.5, 0.6) is 0 Å². The van der Waals surface area contributed by atoms with Crippen LogP contribution in [0.15, 0.2) is 24.5 Å². The number of hydrogen-bond acceptors (Lipinski definition) is 1. The van der Waals surface area contributed by atoms with Gasteiger partial charge in [0.15, 0.2) is 0 Å². The molecule has 0 bridgehead atoms. The molecule has 12 heavy (non-hydrogen) atoms. The monoisotopic (exact) mass is 180 g/mol. The van der Waals surface area contributed by atoms with Crippen LogP contribution in [0.3, 0.4) is 0 Å². The predicted octanol–water partition coefficient (Wildman–Crippen LogP) is 2.38. The molecule has 2 aromatic rings. The van der Waals surface area contributed by atoms with Gasteiger partial charge in [-0.2, -0.15) is 0 Å². The van der Waals surface area contributed by atoms with Crippen LogP contribution in [0, 0.1) is 6.92 Å². The summed E-state index contributed by atoms with van der Waals surface area (Å²) < 4.78 is 1.99. The van der Waals surface area contributed by atoms with E-state index in [0.717, 1.165) is 11.3 Å². The van der Waals surface area contributed by atoms with Gasteiger partial charge >= 0.3 is 0 Å². The fourth-order valence-electron chi connectivity index (χ4n) is 1.27. The van der Waals surface area contributed by atoms with E-state index in [9.17, 15) is 0 Å². The molecule has 2 rings (SSSR count). The molecular weight excluding hydrogens is 172 g/mol. The maximum atomic E-state index is 5.67. The minimum atomic E-state index is 0.473. The molecule has 2 aromatic heterocycles. The molecule has 0 amide bonds.